The lowest BCUT2D eigenvalue weighted by molar-refractivity contribution is -0.384. The summed E-state index contributed by atoms with van der Waals surface area (Å²) in [4.78, 5) is 28.6. The third kappa shape index (κ3) is 5.30. The van der Waals surface area contributed by atoms with Crippen LogP contribution in [-0.4, -0.2) is 58.5 Å². The smallest absolute Gasteiger partial charge is 0.311 e. The second-order valence-electron chi connectivity index (χ2n) is 7.24. The number of carbonyl (C=O) groups excluding carboxylic acids is 1. The molecule has 1 aliphatic rings. The summed E-state index contributed by atoms with van der Waals surface area (Å²) >= 11 is 0. The largest absolute Gasteiger partial charge is 0.481 e. The molecule has 2 N–H and O–H groups in total. The average molecular weight is 401 g/mol. The number of nitriles is 2. The molecular formula is C18H23N7O4. The number of hydrogen-bond acceptors (Lipinski definition) is 9. The van der Waals surface area contributed by atoms with E-state index in [1.807, 2.05) is 13.8 Å². The Morgan fingerprint density at radius 1 is 1.38 bits per heavy atom. The summed E-state index contributed by atoms with van der Waals surface area (Å²) in [5.41, 5.74) is -0.832. The van der Waals surface area contributed by atoms with Gasteiger partial charge >= 0.3 is 5.69 Å². The van der Waals surface area contributed by atoms with Crippen molar-refractivity contribution in [3.63, 3.8) is 0 Å². The number of likely N-dealkylation sites (tertiary alicyclic amines) is 1. The Hall–Kier alpha value is -3.44. The van der Waals surface area contributed by atoms with Gasteiger partial charge in [0.15, 0.2) is 0 Å². The van der Waals surface area contributed by atoms with Gasteiger partial charge in [0, 0.05) is 24.2 Å². The van der Waals surface area contributed by atoms with Gasteiger partial charge in [-0.05, 0) is 26.7 Å². The zero-order valence-corrected chi connectivity index (χ0v) is 16.5. The quantitative estimate of drug-likeness (QED) is 0.482. The van der Waals surface area contributed by atoms with Crippen molar-refractivity contribution in [2.45, 2.75) is 44.3 Å². The second-order valence-corrected chi connectivity index (χ2v) is 7.24. The molecule has 0 saturated carbocycles. The molecule has 0 radical (unpaired) electrons. The fourth-order valence-corrected chi connectivity index (χ4v) is 3.01. The van der Waals surface area contributed by atoms with Crippen LogP contribution in [0.1, 0.15) is 26.7 Å². The first-order chi connectivity index (χ1) is 13.7. The number of pyridine rings is 1. The van der Waals surface area contributed by atoms with E-state index < -0.39 is 22.5 Å². The molecule has 154 valence electrons. The number of hydrogen-bond donors (Lipinski definition) is 2. The standard InChI is InChI=1S/C18H23N7O4/c1-18(2,11-21-17-14(25(27)28)6-7-15(23-17)29-3)22-10-16(26)24-12(8-19)4-5-13(24)9-20/h6-7,12-13,22H,4-5,10-11H2,1-3H3,(H,21,23)/t12-,13+. The molecule has 29 heavy (non-hydrogen) atoms. The van der Waals surface area contributed by atoms with E-state index in [2.05, 4.69) is 27.8 Å². The van der Waals surface area contributed by atoms with Crippen molar-refractivity contribution in [1.29, 1.82) is 10.5 Å². The second kappa shape index (κ2) is 9.17. The molecule has 11 nitrogen and oxygen atoms in total. The molecule has 1 aliphatic heterocycles. The maximum Gasteiger partial charge on any atom is 0.311 e. The summed E-state index contributed by atoms with van der Waals surface area (Å²) in [6.07, 6.45) is 0.965. The van der Waals surface area contributed by atoms with E-state index in [1.54, 1.807) is 0 Å². The van der Waals surface area contributed by atoms with Crippen molar-refractivity contribution >= 4 is 17.4 Å². The Kier molecular flexibility index (Phi) is 6.91. The molecule has 2 heterocycles. The van der Waals surface area contributed by atoms with Gasteiger partial charge in [-0.15, -0.1) is 0 Å². The van der Waals surface area contributed by atoms with Crippen LogP contribution in [0.5, 0.6) is 5.88 Å². The van der Waals surface area contributed by atoms with Gasteiger partial charge in [0.1, 0.15) is 12.1 Å². The average Bonchev–Trinajstić information content (AvgIpc) is 3.13. The molecule has 0 spiro atoms. The highest BCUT2D eigenvalue weighted by Crippen LogP contribution is 2.26. The molecule has 0 aromatic carbocycles. The summed E-state index contributed by atoms with van der Waals surface area (Å²) < 4.78 is 5.01. The molecule has 2 rings (SSSR count). The zero-order chi connectivity index (χ0) is 21.6. The van der Waals surface area contributed by atoms with E-state index >= 15 is 0 Å². The molecule has 1 aromatic rings. The lowest BCUT2D eigenvalue weighted by Crippen LogP contribution is -2.52. The summed E-state index contributed by atoms with van der Waals surface area (Å²) in [7, 11) is 1.41. The van der Waals surface area contributed by atoms with Crippen LogP contribution in [0.25, 0.3) is 0 Å². The molecule has 1 saturated heterocycles. The summed E-state index contributed by atoms with van der Waals surface area (Å²) in [6.45, 7) is 3.78. The van der Waals surface area contributed by atoms with Crippen LogP contribution in [-0.2, 0) is 4.79 Å². The molecular weight excluding hydrogens is 378 g/mol. The topological polar surface area (TPSA) is 157 Å². The van der Waals surface area contributed by atoms with Crippen LogP contribution in [0.15, 0.2) is 12.1 Å². The first-order valence-corrected chi connectivity index (χ1v) is 9.01. The van der Waals surface area contributed by atoms with Crippen LogP contribution in [0.3, 0.4) is 0 Å². The number of nitrogens with zero attached hydrogens (tertiary/aromatic N) is 5. The van der Waals surface area contributed by atoms with Crippen LogP contribution in [0.4, 0.5) is 11.5 Å². The molecule has 11 heteroatoms. The van der Waals surface area contributed by atoms with E-state index in [1.165, 1.54) is 24.1 Å². The molecule has 2 atom stereocenters. The van der Waals surface area contributed by atoms with Crippen LogP contribution in [0.2, 0.25) is 0 Å². The van der Waals surface area contributed by atoms with E-state index in [0.717, 1.165) is 0 Å². The minimum Gasteiger partial charge on any atom is -0.481 e. The molecule has 1 fully saturated rings. The monoisotopic (exact) mass is 401 g/mol. The summed E-state index contributed by atoms with van der Waals surface area (Å²) in [5, 5.41) is 35.6. The lowest BCUT2D eigenvalue weighted by Gasteiger charge is -2.29. The van der Waals surface area contributed by atoms with Gasteiger partial charge in [-0.25, -0.2) is 0 Å². The van der Waals surface area contributed by atoms with Crippen molar-refractivity contribution in [2.75, 3.05) is 25.5 Å². The van der Waals surface area contributed by atoms with Gasteiger partial charge in [-0.2, -0.15) is 15.5 Å². The Labute approximate surface area is 168 Å². The Morgan fingerprint density at radius 3 is 2.52 bits per heavy atom. The number of carbonyl (C=O) groups is 1. The minimum absolute atomic E-state index is 0.0594. The number of anilines is 1. The summed E-state index contributed by atoms with van der Waals surface area (Å²) in [5.74, 6) is -0.0403. The third-order valence-electron chi connectivity index (χ3n) is 4.64. The van der Waals surface area contributed by atoms with E-state index in [4.69, 9.17) is 4.74 Å². The Balaban J connectivity index is 2.00. The summed E-state index contributed by atoms with van der Waals surface area (Å²) in [6, 6.07) is 5.63. The third-order valence-corrected chi connectivity index (χ3v) is 4.64. The molecule has 1 amide bonds. The van der Waals surface area contributed by atoms with Crippen molar-refractivity contribution in [1.82, 2.24) is 15.2 Å². The first kappa shape index (κ1) is 21.9. The van der Waals surface area contributed by atoms with Crippen molar-refractivity contribution in [2.24, 2.45) is 0 Å². The predicted octanol–water partition coefficient (Wildman–Crippen LogP) is 1.19. The van der Waals surface area contributed by atoms with E-state index in [-0.39, 0.29) is 36.4 Å². The van der Waals surface area contributed by atoms with Crippen molar-refractivity contribution in [3.05, 3.63) is 22.2 Å². The van der Waals surface area contributed by atoms with Gasteiger partial charge in [-0.3, -0.25) is 14.9 Å². The SMILES string of the molecule is COc1ccc([N+](=O)[O-])c(NCC(C)(C)NCC(=O)N2[C@H](C#N)CC[C@@H]2C#N)n1. The minimum atomic E-state index is -0.641. The molecule has 0 aliphatic carbocycles. The highest BCUT2D eigenvalue weighted by molar-refractivity contribution is 5.80. The first-order valence-electron chi connectivity index (χ1n) is 9.01. The van der Waals surface area contributed by atoms with E-state index in [9.17, 15) is 25.4 Å². The maximum atomic E-state index is 12.6. The van der Waals surface area contributed by atoms with Gasteiger partial charge in [0.25, 0.3) is 0 Å². The van der Waals surface area contributed by atoms with Crippen molar-refractivity contribution < 1.29 is 14.5 Å². The van der Waals surface area contributed by atoms with Gasteiger partial charge in [-0.1, -0.05) is 0 Å². The Morgan fingerprint density at radius 2 is 2.00 bits per heavy atom. The fourth-order valence-electron chi connectivity index (χ4n) is 3.01. The number of nitro groups is 1. The normalized spacial score (nSPS) is 18.6. The van der Waals surface area contributed by atoms with Crippen molar-refractivity contribution in [3.8, 4) is 18.0 Å². The number of rotatable bonds is 8. The number of methoxy groups -OCH3 is 1. The molecule has 1 aromatic heterocycles. The number of nitrogens with one attached hydrogen (secondary N) is 2. The predicted molar refractivity (Wildman–Crippen MR) is 103 cm³/mol. The zero-order valence-electron chi connectivity index (χ0n) is 16.5. The number of aromatic nitrogens is 1. The van der Waals surface area contributed by atoms with E-state index in [0.29, 0.717) is 12.8 Å². The molecule has 0 bridgehead atoms. The van der Waals surface area contributed by atoms with Gasteiger partial charge in [0.05, 0.1) is 30.7 Å². The lowest BCUT2D eigenvalue weighted by atomic mass is 10.1. The molecule has 0 unspecified atom stereocenters. The highest BCUT2D eigenvalue weighted by atomic mass is 16.6. The van der Waals surface area contributed by atoms with Gasteiger partial charge in [0.2, 0.25) is 17.6 Å². The van der Waals surface area contributed by atoms with Crippen LogP contribution < -0.4 is 15.4 Å². The van der Waals surface area contributed by atoms with Gasteiger partial charge < -0.3 is 20.3 Å². The van der Waals surface area contributed by atoms with Crippen LogP contribution >= 0.6 is 0 Å². The number of ether oxygens (including phenoxy) is 1. The fraction of sp³-hybridized carbons (Fsp3) is 0.556. The number of amides is 1. The maximum absolute atomic E-state index is 12.6. The highest BCUT2D eigenvalue weighted by Gasteiger charge is 2.37. The Bertz CT molecular complexity index is 837. The van der Waals surface area contributed by atoms with Crippen LogP contribution in [0, 0.1) is 32.8 Å².